The van der Waals surface area contributed by atoms with Gasteiger partial charge in [-0.15, -0.1) is 0 Å². The van der Waals surface area contributed by atoms with Crippen LogP contribution in [-0.2, 0) is 0 Å². The molecule has 2 aromatic heterocycles. The largest absolute Gasteiger partial charge is 0.353 e. The minimum atomic E-state index is 1.03. The molecule has 0 atom stereocenters. The van der Waals surface area contributed by atoms with E-state index in [9.17, 15) is 0 Å². The van der Waals surface area contributed by atoms with Gasteiger partial charge in [-0.05, 0) is 18.2 Å². The first-order valence-corrected chi connectivity index (χ1v) is 4.93. The maximum atomic E-state index is 4.39. The number of hydrogen-bond donors (Lipinski definition) is 1. The molecule has 0 aromatic carbocycles. The van der Waals surface area contributed by atoms with Crippen molar-refractivity contribution in [3.63, 3.8) is 0 Å². The summed E-state index contributed by atoms with van der Waals surface area (Å²) in [6, 6.07) is 3.99. The van der Waals surface area contributed by atoms with Crippen LogP contribution >= 0.6 is 0 Å². The normalized spacial score (nSPS) is 20.3. The van der Waals surface area contributed by atoms with E-state index in [1.165, 1.54) is 0 Å². The van der Waals surface area contributed by atoms with Crippen LogP contribution in [0.2, 0.25) is 0 Å². The Morgan fingerprint density at radius 1 is 1.00 bits per heavy atom. The second kappa shape index (κ2) is 3.24. The van der Waals surface area contributed by atoms with Crippen molar-refractivity contribution in [3.8, 4) is 0 Å². The first-order valence-electron chi connectivity index (χ1n) is 4.93. The van der Waals surface area contributed by atoms with E-state index < -0.39 is 0 Å². The Bertz CT molecular complexity index is 586. The standard InChI is InChI=1S/C13H10N2/c1-2-4-7-11-10(6-3-1)13-12(15-11)8-5-9-14-13/h1-9,15H/b2-1-,3-1?,4-2?,6-3-,7-4-,10-6?,11-7?. The molecule has 0 saturated carbocycles. The van der Waals surface area contributed by atoms with Crippen molar-refractivity contribution >= 4 is 23.2 Å². The molecule has 1 N–H and O–H groups in total. The summed E-state index contributed by atoms with van der Waals surface area (Å²) in [5, 5.41) is 0. The first-order chi connectivity index (χ1) is 7.45. The molecule has 0 spiro atoms. The van der Waals surface area contributed by atoms with Gasteiger partial charge in [-0.2, -0.15) is 0 Å². The number of rotatable bonds is 0. The number of pyridine rings is 1. The van der Waals surface area contributed by atoms with Crippen LogP contribution in [0, 0.1) is 0 Å². The fourth-order valence-electron chi connectivity index (χ4n) is 1.79. The molecule has 2 nitrogen and oxygen atoms in total. The highest BCUT2D eigenvalue weighted by atomic mass is 14.8. The highest BCUT2D eigenvalue weighted by Crippen LogP contribution is 2.23. The van der Waals surface area contributed by atoms with Gasteiger partial charge in [0.05, 0.1) is 11.0 Å². The van der Waals surface area contributed by atoms with E-state index in [4.69, 9.17) is 0 Å². The summed E-state index contributed by atoms with van der Waals surface area (Å²) >= 11 is 0. The molecule has 2 heterocycles. The van der Waals surface area contributed by atoms with Gasteiger partial charge in [-0.3, -0.25) is 4.98 Å². The number of aromatic amines is 1. The van der Waals surface area contributed by atoms with Crippen LogP contribution in [0.3, 0.4) is 0 Å². The molecule has 3 rings (SSSR count). The number of hydrogen-bond acceptors (Lipinski definition) is 1. The number of allylic oxidation sites excluding steroid dienone is 4. The predicted octanol–water partition coefficient (Wildman–Crippen LogP) is 3.16. The van der Waals surface area contributed by atoms with Crippen molar-refractivity contribution in [2.45, 2.75) is 0 Å². The third kappa shape index (κ3) is 1.31. The van der Waals surface area contributed by atoms with Gasteiger partial charge in [-0.1, -0.05) is 30.4 Å². The SMILES string of the molecule is C1=C\C=C/c2c([nH]c3cccnc23)\C=C/1. The highest BCUT2D eigenvalue weighted by molar-refractivity contribution is 5.90. The number of fused-ring (bicyclic) bond motifs is 3. The Morgan fingerprint density at radius 2 is 1.87 bits per heavy atom. The molecule has 2 aromatic rings. The van der Waals surface area contributed by atoms with Crippen molar-refractivity contribution in [2.75, 3.05) is 0 Å². The summed E-state index contributed by atoms with van der Waals surface area (Å²) in [5.41, 5.74) is 4.39. The highest BCUT2D eigenvalue weighted by Gasteiger charge is 2.07. The van der Waals surface area contributed by atoms with Gasteiger partial charge in [0.1, 0.15) is 0 Å². The van der Waals surface area contributed by atoms with Gasteiger partial charge < -0.3 is 4.98 Å². The van der Waals surface area contributed by atoms with Gasteiger partial charge in [0.15, 0.2) is 0 Å². The summed E-state index contributed by atoms with van der Waals surface area (Å²) in [6.45, 7) is 0. The lowest BCUT2D eigenvalue weighted by atomic mass is 10.1. The molecule has 0 unspecified atom stereocenters. The van der Waals surface area contributed by atoms with Crippen molar-refractivity contribution in [3.05, 3.63) is 53.9 Å². The number of nitrogens with one attached hydrogen (secondary N) is 1. The second-order valence-corrected chi connectivity index (χ2v) is 3.46. The van der Waals surface area contributed by atoms with Gasteiger partial charge in [-0.25, -0.2) is 0 Å². The molecular weight excluding hydrogens is 184 g/mol. The van der Waals surface area contributed by atoms with E-state index in [2.05, 4.69) is 22.1 Å². The summed E-state index contributed by atoms with van der Waals surface area (Å²) < 4.78 is 0. The van der Waals surface area contributed by atoms with E-state index in [0.29, 0.717) is 0 Å². The Balaban J connectivity index is 2.36. The Morgan fingerprint density at radius 3 is 2.80 bits per heavy atom. The lowest BCUT2D eigenvalue weighted by Crippen LogP contribution is -1.78. The van der Waals surface area contributed by atoms with Crippen LogP contribution in [0.1, 0.15) is 11.3 Å². The zero-order chi connectivity index (χ0) is 10.1. The zero-order valence-corrected chi connectivity index (χ0v) is 8.14. The smallest absolute Gasteiger partial charge is 0.0957 e. The van der Waals surface area contributed by atoms with Gasteiger partial charge >= 0.3 is 0 Å². The monoisotopic (exact) mass is 194 g/mol. The molecule has 0 radical (unpaired) electrons. The van der Waals surface area contributed by atoms with Gasteiger partial charge in [0.25, 0.3) is 0 Å². The molecule has 0 amide bonds. The number of nitrogens with zero attached hydrogens (tertiary/aromatic N) is 1. The Labute approximate surface area is 87.7 Å². The van der Waals surface area contributed by atoms with Crippen LogP contribution in [0.15, 0.2) is 42.6 Å². The zero-order valence-electron chi connectivity index (χ0n) is 8.14. The molecule has 0 saturated heterocycles. The van der Waals surface area contributed by atoms with Crippen LogP contribution in [-0.4, -0.2) is 9.97 Å². The fourth-order valence-corrected chi connectivity index (χ4v) is 1.79. The average molecular weight is 194 g/mol. The van der Waals surface area contributed by atoms with Crippen LogP contribution < -0.4 is 0 Å². The third-order valence-corrected chi connectivity index (χ3v) is 2.48. The quantitative estimate of drug-likeness (QED) is 0.685. The lowest BCUT2D eigenvalue weighted by molar-refractivity contribution is 1.40. The van der Waals surface area contributed by atoms with E-state index in [1.54, 1.807) is 0 Å². The molecule has 0 bridgehead atoms. The maximum absolute atomic E-state index is 4.39. The molecule has 0 aliphatic heterocycles. The lowest BCUT2D eigenvalue weighted by Gasteiger charge is -1.93. The molecule has 1 aliphatic rings. The predicted molar refractivity (Wildman–Crippen MR) is 63.3 cm³/mol. The molecule has 72 valence electrons. The topological polar surface area (TPSA) is 28.7 Å². The van der Waals surface area contributed by atoms with Gasteiger partial charge in [0, 0.05) is 17.5 Å². The minimum Gasteiger partial charge on any atom is -0.353 e. The average Bonchev–Trinajstić information content (AvgIpc) is 2.55. The number of H-pyrrole nitrogens is 1. The molecule has 1 aliphatic carbocycles. The van der Waals surface area contributed by atoms with Crippen LogP contribution in [0.25, 0.3) is 23.2 Å². The molecule has 2 heteroatoms. The van der Waals surface area contributed by atoms with E-state index in [1.807, 2.05) is 42.6 Å². The van der Waals surface area contributed by atoms with Crippen molar-refractivity contribution in [1.82, 2.24) is 9.97 Å². The maximum Gasteiger partial charge on any atom is 0.0957 e. The Kier molecular flexibility index (Phi) is 1.78. The van der Waals surface area contributed by atoms with Crippen LogP contribution in [0.5, 0.6) is 0 Å². The second-order valence-electron chi connectivity index (χ2n) is 3.46. The Hall–Kier alpha value is -2.09. The minimum absolute atomic E-state index is 1.03. The van der Waals surface area contributed by atoms with E-state index in [-0.39, 0.29) is 0 Å². The van der Waals surface area contributed by atoms with E-state index >= 15 is 0 Å². The van der Waals surface area contributed by atoms with Gasteiger partial charge in [0.2, 0.25) is 0 Å². The molecule has 15 heavy (non-hydrogen) atoms. The van der Waals surface area contributed by atoms with Crippen molar-refractivity contribution in [1.29, 1.82) is 0 Å². The van der Waals surface area contributed by atoms with Crippen LogP contribution in [0.4, 0.5) is 0 Å². The van der Waals surface area contributed by atoms with Crippen molar-refractivity contribution < 1.29 is 0 Å². The number of aromatic nitrogens is 2. The fraction of sp³-hybridized carbons (Fsp3) is 0. The molecular formula is C13H10N2. The van der Waals surface area contributed by atoms with Crippen molar-refractivity contribution in [2.24, 2.45) is 0 Å². The first kappa shape index (κ1) is 8.24. The summed E-state index contributed by atoms with van der Waals surface area (Å²) in [5.74, 6) is 0. The van der Waals surface area contributed by atoms with E-state index in [0.717, 1.165) is 22.3 Å². The molecule has 0 fully saturated rings. The summed E-state index contributed by atoms with van der Waals surface area (Å²) in [7, 11) is 0. The third-order valence-electron chi connectivity index (χ3n) is 2.48. The summed E-state index contributed by atoms with van der Waals surface area (Å²) in [6.07, 6.45) is 14.1. The summed E-state index contributed by atoms with van der Waals surface area (Å²) in [4.78, 5) is 7.74.